The third kappa shape index (κ3) is 3.35. The molecule has 0 saturated heterocycles. The van der Waals surface area contributed by atoms with E-state index in [2.05, 4.69) is 41.5 Å². The first kappa shape index (κ1) is 17.7. The average molecular weight is 379 g/mol. The van der Waals surface area contributed by atoms with Gasteiger partial charge < -0.3 is 4.90 Å². The molecule has 27 heavy (non-hydrogen) atoms. The van der Waals surface area contributed by atoms with Crippen LogP contribution in [0.4, 0.5) is 5.69 Å². The highest BCUT2D eigenvalue weighted by atomic mass is 32.2. The van der Waals surface area contributed by atoms with Crippen molar-refractivity contribution in [3.63, 3.8) is 0 Å². The maximum absolute atomic E-state index is 12.9. The molecule has 0 radical (unpaired) electrons. The van der Waals surface area contributed by atoms with E-state index in [0.717, 1.165) is 23.4 Å². The number of aromatic nitrogens is 4. The van der Waals surface area contributed by atoms with Gasteiger partial charge in [0.05, 0.1) is 11.4 Å². The Labute approximate surface area is 162 Å². The normalized spacial score (nSPS) is 15.8. The molecule has 1 amide bonds. The Kier molecular flexibility index (Phi) is 4.70. The van der Waals surface area contributed by atoms with Gasteiger partial charge >= 0.3 is 0 Å². The van der Waals surface area contributed by atoms with E-state index in [-0.39, 0.29) is 11.9 Å². The lowest BCUT2D eigenvalue weighted by Crippen LogP contribution is -2.37. The topological polar surface area (TPSA) is 63.9 Å². The SMILES string of the molecule is Cc1ccc(-n2nnnc2SCC(=O)N2c3ccccc3C[C@H]2C)c(C)c1. The van der Waals surface area contributed by atoms with Gasteiger partial charge in [-0.15, -0.1) is 5.10 Å². The van der Waals surface area contributed by atoms with Crippen LogP contribution in [0.1, 0.15) is 23.6 Å². The van der Waals surface area contributed by atoms with Crippen molar-refractivity contribution in [1.82, 2.24) is 20.2 Å². The molecule has 3 aromatic rings. The first-order chi connectivity index (χ1) is 13.0. The van der Waals surface area contributed by atoms with E-state index >= 15 is 0 Å². The lowest BCUT2D eigenvalue weighted by Gasteiger charge is -2.22. The summed E-state index contributed by atoms with van der Waals surface area (Å²) in [5.74, 6) is 0.372. The summed E-state index contributed by atoms with van der Waals surface area (Å²) < 4.78 is 1.70. The summed E-state index contributed by atoms with van der Waals surface area (Å²) in [5.41, 5.74) is 5.46. The van der Waals surface area contributed by atoms with E-state index in [9.17, 15) is 4.79 Å². The highest BCUT2D eigenvalue weighted by Gasteiger charge is 2.30. The first-order valence-corrected chi connectivity index (χ1v) is 9.92. The smallest absolute Gasteiger partial charge is 0.237 e. The number of fused-ring (bicyclic) bond motifs is 1. The van der Waals surface area contributed by atoms with Gasteiger partial charge in [-0.3, -0.25) is 4.79 Å². The third-order valence-electron chi connectivity index (χ3n) is 4.82. The van der Waals surface area contributed by atoms with Gasteiger partial charge in [-0.1, -0.05) is 47.7 Å². The summed E-state index contributed by atoms with van der Waals surface area (Å²) in [6, 6.07) is 14.4. The van der Waals surface area contributed by atoms with E-state index in [1.165, 1.54) is 22.9 Å². The number of thioether (sulfide) groups is 1. The Morgan fingerprint density at radius 2 is 2.00 bits per heavy atom. The predicted molar refractivity (Wildman–Crippen MR) is 106 cm³/mol. The second kappa shape index (κ2) is 7.15. The van der Waals surface area contributed by atoms with Gasteiger partial charge in [0.15, 0.2) is 0 Å². The van der Waals surface area contributed by atoms with E-state index in [4.69, 9.17) is 0 Å². The monoisotopic (exact) mass is 379 g/mol. The number of tetrazole rings is 1. The van der Waals surface area contributed by atoms with Gasteiger partial charge in [-0.05, 0) is 60.9 Å². The van der Waals surface area contributed by atoms with E-state index in [0.29, 0.717) is 10.9 Å². The molecule has 1 atom stereocenters. The van der Waals surface area contributed by atoms with Crippen LogP contribution in [-0.4, -0.2) is 37.9 Å². The summed E-state index contributed by atoms with van der Waals surface area (Å²) in [4.78, 5) is 14.8. The van der Waals surface area contributed by atoms with Crippen molar-refractivity contribution in [2.75, 3.05) is 10.7 Å². The number of amides is 1. The van der Waals surface area contributed by atoms with E-state index in [1.807, 2.05) is 42.2 Å². The van der Waals surface area contributed by atoms with Crippen LogP contribution >= 0.6 is 11.8 Å². The van der Waals surface area contributed by atoms with Crippen molar-refractivity contribution in [3.05, 3.63) is 59.2 Å². The molecule has 2 aromatic carbocycles. The molecular formula is C20H21N5OS. The highest BCUT2D eigenvalue weighted by molar-refractivity contribution is 7.99. The lowest BCUT2D eigenvalue weighted by molar-refractivity contribution is -0.116. The maximum atomic E-state index is 12.9. The highest BCUT2D eigenvalue weighted by Crippen LogP contribution is 2.32. The summed E-state index contributed by atoms with van der Waals surface area (Å²) in [5, 5.41) is 12.7. The molecule has 2 heterocycles. The number of para-hydroxylation sites is 1. The van der Waals surface area contributed by atoms with E-state index < -0.39 is 0 Å². The second-order valence-corrected chi connectivity index (χ2v) is 7.84. The Morgan fingerprint density at radius 3 is 2.81 bits per heavy atom. The number of aryl methyl sites for hydroxylation is 2. The summed E-state index contributed by atoms with van der Waals surface area (Å²) >= 11 is 1.37. The number of rotatable bonds is 4. The minimum absolute atomic E-state index is 0.0765. The quantitative estimate of drug-likeness (QED) is 0.651. The Hall–Kier alpha value is -2.67. The molecule has 0 aliphatic carbocycles. The van der Waals surface area contributed by atoms with Gasteiger partial charge in [-0.25, -0.2) is 0 Å². The Balaban J connectivity index is 1.52. The Morgan fingerprint density at radius 1 is 1.19 bits per heavy atom. The van der Waals surface area contributed by atoms with Crippen LogP contribution in [0.15, 0.2) is 47.6 Å². The third-order valence-corrected chi connectivity index (χ3v) is 5.73. The molecule has 7 heteroatoms. The fourth-order valence-corrected chi connectivity index (χ4v) is 4.35. The summed E-state index contributed by atoms with van der Waals surface area (Å²) in [6.07, 6.45) is 0.896. The first-order valence-electron chi connectivity index (χ1n) is 8.93. The van der Waals surface area contributed by atoms with Crippen LogP contribution < -0.4 is 4.90 Å². The van der Waals surface area contributed by atoms with E-state index in [1.54, 1.807) is 4.68 Å². The van der Waals surface area contributed by atoms with Gasteiger partial charge in [-0.2, -0.15) is 4.68 Å². The molecule has 0 spiro atoms. The Bertz CT molecular complexity index is 1000. The van der Waals surface area contributed by atoms with Gasteiger partial charge in [0.2, 0.25) is 11.1 Å². The van der Waals surface area contributed by atoms with Gasteiger partial charge in [0.25, 0.3) is 0 Å². The van der Waals surface area contributed by atoms with Crippen molar-refractivity contribution < 1.29 is 4.79 Å². The average Bonchev–Trinajstić information content (AvgIpc) is 3.23. The summed E-state index contributed by atoms with van der Waals surface area (Å²) in [7, 11) is 0. The zero-order valence-electron chi connectivity index (χ0n) is 15.6. The van der Waals surface area contributed by atoms with Gasteiger partial charge in [0, 0.05) is 11.7 Å². The molecule has 4 rings (SSSR count). The number of nitrogens with zero attached hydrogens (tertiary/aromatic N) is 5. The van der Waals surface area contributed by atoms with Crippen LogP contribution in [0, 0.1) is 13.8 Å². The fraction of sp³-hybridized carbons (Fsp3) is 0.300. The minimum atomic E-state index is 0.0765. The number of benzene rings is 2. The van der Waals surface area contributed by atoms with Crippen LogP contribution in [0.25, 0.3) is 5.69 Å². The second-order valence-electron chi connectivity index (χ2n) is 6.90. The van der Waals surface area contributed by atoms with Crippen molar-refractivity contribution in [3.8, 4) is 5.69 Å². The zero-order valence-corrected chi connectivity index (χ0v) is 16.4. The molecule has 1 aliphatic rings. The molecule has 6 nitrogen and oxygen atoms in total. The maximum Gasteiger partial charge on any atom is 0.237 e. The number of carbonyl (C=O) groups excluding carboxylic acids is 1. The molecule has 0 unspecified atom stereocenters. The van der Waals surface area contributed by atoms with Crippen LogP contribution in [0.2, 0.25) is 0 Å². The molecule has 0 bridgehead atoms. The number of hydrogen-bond donors (Lipinski definition) is 0. The molecule has 0 saturated carbocycles. The lowest BCUT2D eigenvalue weighted by atomic mass is 10.1. The molecule has 138 valence electrons. The van der Waals surface area contributed by atoms with Crippen molar-refractivity contribution in [2.24, 2.45) is 0 Å². The zero-order chi connectivity index (χ0) is 19.0. The van der Waals surface area contributed by atoms with Gasteiger partial charge in [0.1, 0.15) is 0 Å². The standard InChI is InChI=1S/C20H21N5OS/c1-13-8-9-17(14(2)10-13)25-20(21-22-23-25)27-12-19(26)24-15(3)11-16-6-4-5-7-18(16)24/h4-10,15H,11-12H2,1-3H3/t15-/m1/s1. The summed E-state index contributed by atoms with van der Waals surface area (Å²) in [6.45, 7) is 6.18. The number of hydrogen-bond acceptors (Lipinski definition) is 5. The molecule has 1 aromatic heterocycles. The van der Waals surface area contributed by atoms with Crippen molar-refractivity contribution >= 4 is 23.4 Å². The molecule has 0 N–H and O–H groups in total. The number of carbonyl (C=O) groups is 1. The molecule has 0 fully saturated rings. The van der Waals surface area contributed by atoms with Crippen LogP contribution in [0.5, 0.6) is 0 Å². The molecule has 1 aliphatic heterocycles. The minimum Gasteiger partial charge on any atom is -0.308 e. The predicted octanol–water partition coefficient (Wildman–Crippen LogP) is 3.35. The van der Waals surface area contributed by atoms with Crippen molar-refractivity contribution in [2.45, 2.75) is 38.4 Å². The fourth-order valence-electron chi connectivity index (χ4n) is 3.60. The van der Waals surface area contributed by atoms with Crippen LogP contribution in [0.3, 0.4) is 0 Å². The van der Waals surface area contributed by atoms with Crippen LogP contribution in [-0.2, 0) is 11.2 Å². The number of anilines is 1. The largest absolute Gasteiger partial charge is 0.308 e. The van der Waals surface area contributed by atoms with Crippen molar-refractivity contribution in [1.29, 1.82) is 0 Å². The molecular weight excluding hydrogens is 358 g/mol.